The van der Waals surface area contributed by atoms with Crippen molar-refractivity contribution in [3.8, 4) is 0 Å². The van der Waals surface area contributed by atoms with E-state index in [-0.39, 0.29) is 25.0 Å². The second-order valence-electron chi connectivity index (χ2n) is 4.12. The van der Waals surface area contributed by atoms with Gasteiger partial charge in [-0.25, -0.2) is 14.0 Å². The molecule has 0 aliphatic carbocycles. The first-order chi connectivity index (χ1) is 9.49. The highest BCUT2D eigenvalue weighted by atomic mass is 19.1. The molecule has 0 heterocycles. The van der Waals surface area contributed by atoms with E-state index in [1.165, 1.54) is 12.1 Å². The van der Waals surface area contributed by atoms with Crippen molar-refractivity contribution >= 4 is 12.0 Å². The summed E-state index contributed by atoms with van der Waals surface area (Å²) >= 11 is 0. The number of nitrogens with one attached hydrogen (secondary N) is 2. The van der Waals surface area contributed by atoms with Gasteiger partial charge >= 0.3 is 12.0 Å². The Bertz CT molecular complexity index is 467. The van der Waals surface area contributed by atoms with E-state index in [2.05, 4.69) is 10.6 Å². The summed E-state index contributed by atoms with van der Waals surface area (Å²) in [7, 11) is 0. The molecule has 1 unspecified atom stereocenters. The smallest absolute Gasteiger partial charge is 0.329 e. The maximum Gasteiger partial charge on any atom is 0.329 e. The van der Waals surface area contributed by atoms with Gasteiger partial charge in [0.2, 0.25) is 0 Å². The predicted molar refractivity (Wildman–Crippen MR) is 69.8 cm³/mol. The summed E-state index contributed by atoms with van der Waals surface area (Å²) < 4.78 is 17.8. The summed E-state index contributed by atoms with van der Waals surface area (Å²) in [6, 6.07) is 5.19. The van der Waals surface area contributed by atoms with Crippen LogP contribution in [0.15, 0.2) is 24.3 Å². The Labute approximate surface area is 115 Å². The van der Waals surface area contributed by atoms with E-state index >= 15 is 0 Å². The number of rotatable bonds is 7. The number of carboxylic acids is 1. The van der Waals surface area contributed by atoms with Crippen LogP contribution in [0.3, 0.4) is 0 Å². The van der Waals surface area contributed by atoms with Gasteiger partial charge in [0.05, 0.1) is 12.6 Å². The molecule has 1 aromatic rings. The summed E-state index contributed by atoms with van der Waals surface area (Å²) in [4.78, 5) is 21.7. The Morgan fingerprint density at radius 3 is 2.85 bits per heavy atom. The third kappa shape index (κ3) is 6.14. The number of carbonyl (C=O) groups excluding carboxylic acids is 1. The number of hydrogen-bond donors (Lipinski definition) is 3. The lowest BCUT2D eigenvalue weighted by Crippen LogP contribution is -2.38. The highest BCUT2D eigenvalue weighted by molar-refractivity contribution is 5.74. The number of urea groups is 1. The van der Waals surface area contributed by atoms with Crippen LogP contribution in [0, 0.1) is 5.82 Å². The molecule has 0 aromatic heterocycles. The first kappa shape index (κ1) is 15.9. The van der Waals surface area contributed by atoms with E-state index in [1.807, 2.05) is 0 Å². The van der Waals surface area contributed by atoms with Crippen molar-refractivity contribution in [2.75, 3.05) is 19.8 Å². The molecule has 0 saturated carbocycles. The minimum Gasteiger partial charge on any atom is -0.480 e. The van der Waals surface area contributed by atoms with Crippen LogP contribution in [-0.2, 0) is 9.53 Å². The van der Waals surface area contributed by atoms with E-state index in [4.69, 9.17) is 9.84 Å². The maximum absolute atomic E-state index is 13.0. The molecule has 0 aliphatic rings. The van der Waals surface area contributed by atoms with Gasteiger partial charge in [-0.3, -0.25) is 0 Å². The normalized spacial score (nSPS) is 11.7. The third-order valence-corrected chi connectivity index (χ3v) is 2.45. The maximum atomic E-state index is 13.0. The zero-order chi connectivity index (χ0) is 15.0. The van der Waals surface area contributed by atoms with Crippen molar-refractivity contribution in [1.82, 2.24) is 10.6 Å². The quantitative estimate of drug-likeness (QED) is 0.658. The van der Waals surface area contributed by atoms with Crippen LogP contribution in [0.4, 0.5) is 9.18 Å². The molecule has 110 valence electrons. The molecular formula is C13H17FN2O4. The first-order valence-corrected chi connectivity index (χ1v) is 6.08. The molecule has 0 saturated heterocycles. The van der Waals surface area contributed by atoms with Gasteiger partial charge in [0.15, 0.2) is 0 Å². The topological polar surface area (TPSA) is 87.7 Å². The molecule has 0 radical (unpaired) electrons. The largest absolute Gasteiger partial charge is 0.480 e. The minimum atomic E-state index is -1.06. The van der Waals surface area contributed by atoms with Crippen LogP contribution < -0.4 is 10.6 Å². The Balaban J connectivity index is 2.26. The lowest BCUT2D eigenvalue weighted by Gasteiger charge is -2.15. The molecule has 0 spiro atoms. The number of ether oxygens (including phenoxy) is 1. The molecule has 20 heavy (non-hydrogen) atoms. The monoisotopic (exact) mass is 284 g/mol. The van der Waals surface area contributed by atoms with Crippen LogP contribution >= 0.6 is 0 Å². The number of hydrogen-bond acceptors (Lipinski definition) is 3. The highest BCUT2D eigenvalue weighted by Crippen LogP contribution is 2.12. The first-order valence-electron chi connectivity index (χ1n) is 6.08. The average Bonchev–Trinajstić information content (AvgIpc) is 2.37. The second kappa shape index (κ2) is 8.11. The fourth-order valence-electron chi connectivity index (χ4n) is 1.50. The molecule has 6 nitrogen and oxygen atoms in total. The summed E-state index contributed by atoms with van der Waals surface area (Å²) in [6.45, 7) is 1.63. The SMILES string of the molecule is CC(NC(=O)NCCOCC(=O)O)c1cccc(F)c1. The fourth-order valence-corrected chi connectivity index (χ4v) is 1.50. The number of halogens is 1. The Hall–Kier alpha value is -2.15. The number of carbonyl (C=O) groups is 2. The van der Waals surface area contributed by atoms with Crippen molar-refractivity contribution in [2.45, 2.75) is 13.0 Å². The van der Waals surface area contributed by atoms with Crippen molar-refractivity contribution in [3.05, 3.63) is 35.6 Å². The lowest BCUT2D eigenvalue weighted by molar-refractivity contribution is -0.142. The Kier molecular flexibility index (Phi) is 6.45. The molecule has 0 aliphatic heterocycles. The molecule has 1 rings (SSSR count). The van der Waals surface area contributed by atoms with Crippen molar-refractivity contribution in [2.24, 2.45) is 0 Å². The van der Waals surface area contributed by atoms with E-state index in [1.54, 1.807) is 19.1 Å². The van der Waals surface area contributed by atoms with Gasteiger partial charge in [0, 0.05) is 6.54 Å². The van der Waals surface area contributed by atoms with Crippen LogP contribution in [0.1, 0.15) is 18.5 Å². The third-order valence-electron chi connectivity index (χ3n) is 2.45. The molecule has 3 N–H and O–H groups in total. The molecule has 0 bridgehead atoms. The molecule has 0 fully saturated rings. The molecule has 2 amide bonds. The van der Waals surface area contributed by atoms with Crippen LogP contribution in [0.5, 0.6) is 0 Å². The highest BCUT2D eigenvalue weighted by Gasteiger charge is 2.09. The van der Waals surface area contributed by atoms with E-state index in [0.717, 1.165) is 0 Å². The van der Waals surface area contributed by atoms with Crippen LogP contribution in [-0.4, -0.2) is 36.9 Å². The van der Waals surface area contributed by atoms with Gasteiger partial charge in [-0.1, -0.05) is 12.1 Å². The standard InChI is InChI=1S/C13H17FN2O4/c1-9(10-3-2-4-11(14)7-10)16-13(19)15-5-6-20-8-12(17)18/h2-4,7,9H,5-6,8H2,1H3,(H,17,18)(H2,15,16,19). The summed E-state index contributed by atoms with van der Waals surface area (Å²) in [6.07, 6.45) is 0. The van der Waals surface area contributed by atoms with Gasteiger partial charge in [-0.05, 0) is 24.6 Å². The van der Waals surface area contributed by atoms with Crippen LogP contribution in [0.2, 0.25) is 0 Å². The van der Waals surface area contributed by atoms with E-state index < -0.39 is 18.6 Å². The lowest BCUT2D eigenvalue weighted by atomic mass is 10.1. The van der Waals surface area contributed by atoms with Crippen molar-refractivity contribution in [1.29, 1.82) is 0 Å². The van der Waals surface area contributed by atoms with Gasteiger partial charge in [0.25, 0.3) is 0 Å². The zero-order valence-corrected chi connectivity index (χ0v) is 11.1. The van der Waals surface area contributed by atoms with Crippen LogP contribution in [0.25, 0.3) is 0 Å². The molecule has 7 heteroatoms. The van der Waals surface area contributed by atoms with Gasteiger partial charge < -0.3 is 20.5 Å². The molecular weight excluding hydrogens is 267 g/mol. The molecule has 1 aromatic carbocycles. The van der Waals surface area contributed by atoms with Gasteiger partial charge in [0.1, 0.15) is 12.4 Å². The van der Waals surface area contributed by atoms with Gasteiger partial charge in [-0.15, -0.1) is 0 Å². The number of benzene rings is 1. The van der Waals surface area contributed by atoms with E-state index in [0.29, 0.717) is 5.56 Å². The van der Waals surface area contributed by atoms with Crippen molar-refractivity contribution < 1.29 is 23.8 Å². The number of carboxylic acid groups (broad SMARTS) is 1. The second-order valence-corrected chi connectivity index (χ2v) is 4.12. The van der Waals surface area contributed by atoms with Gasteiger partial charge in [-0.2, -0.15) is 0 Å². The summed E-state index contributed by atoms with van der Waals surface area (Å²) in [5, 5.41) is 13.5. The predicted octanol–water partition coefficient (Wildman–Crippen LogP) is 1.29. The summed E-state index contributed by atoms with van der Waals surface area (Å²) in [5.74, 6) is -1.42. The zero-order valence-electron chi connectivity index (χ0n) is 11.1. The number of aliphatic carboxylic acids is 1. The minimum absolute atomic E-state index is 0.105. The average molecular weight is 284 g/mol. The fraction of sp³-hybridized carbons (Fsp3) is 0.385. The Morgan fingerprint density at radius 1 is 1.45 bits per heavy atom. The molecule has 1 atom stereocenters. The van der Waals surface area contributed by atoms with E-state index in [9.17, 15) is 14.0 Å². The van der Waals surface area contributed by atoms with Crippen molar-refractivity contribution in [3.63, 3.8) is 0 Å². The number of amides is 2. The Morgan fingerprint density at radius 2 is 2.20 bits per heavy atom. The summed E-state index contributed by atoms with van der Waals surface area (Å²) in [5.41, 5.74) is 0.655.